The van der Waals surface area contributed by atoms with Gasteiger partial charge in [-0.1, -0.05) is 30.7 Å². The van der Waals surface area contributed by atoms with Gasteiger partial charge >= 0.3 is 0 Å². The summed E-state index contributed by atoms with van der Waals surface area (Å²) in [6.45, 7) is 4.12. The number of rotatable bonds is 7. The van der Waals surface area contributed by atoms with E-state index in [1.54, 1.807) is 29.7 Å². The molecule has 1 amide bonds. The van der Waals surface area contributed by atoms with E-state index in [1.807, 2.05) is 43.3 Å². The molecule has 0 unspecified atom stereocenters. The topological polar surface area (TPSA) is 67.2 Å². The quantitative estimate of drug-likeness (QED) is 0.327. The second-order valence-corrected chi connectivity index (χ2v) is 8.71. The van der Waals surface area contributed by atoms with E-state index in [4.69, 9.17) is 16.0 Å². The third-order valence-corrected chi connectivity index (χ3v) is 6.28. The highest BCUT2D eigenvalue weighted by Gasteiger charge is 2.23. The molecule has 0 bridgehead atoms. The highest BCUT2D eigenvalue weighted by Crippen LogP contribution is 2.38. The average Bonchev–Trinajstić information content (AvgIpc) is 3.42. The molecule has 0 aliphatic rings. The Morgan fingerprint density at radius 2 is 2.06 bits per heavy atom. The number of benzene rings is 1. The smallest absolute Gasteiger partial charge is 0.291 e. The molecule has 31 heavy (non-hydrogen) atoms. The summed E-state index contributed by atoms with van der Waals surface area (Å²) >= 11 is 7.86. The largest absolute Gasteiger partial charge is 0.459 e. The van der Waals surface area contributed by atoms with Gasteiger partial charge in [0.2, 0.25) is 0 Å². The standard InChI is InChI=1S/C24H22ClN3O2S/c1-3-18-14-19(24(31-18)28-23(29)20-8-5-11-30-20)22(16-6-4-7-17(25)13-16)27-21-12-15(2)9-10-26-21/h4-14,22H,3H2,1-2H3,(H,26,27)(H,28,29)/t22-/m0/s1. The molecule has 3 heterocycles. The van der Waals surface area contributed by atoms with E-state index in [2.05, 4.69) is 28.6 Å². The minimum atomic E-state index is -0.283. The molecule has 1 aromatic carbocycles. The number of thiophene rings is 1. The van der Waals surface area contributed by atoms with Gasteiger partial charge in [0.05, 0.1) is 12.3 Å². The molecular formula is C24H22ClN3O2S. The number of aryl methyl sites for hydroxylation is 2. The van der Waals surface area contributed by atoms with Crippen molar-refractivity contribution in [3.63, 3.8) is 0 Å². The molecule has 158 valence electrons. The molecule has 5 nitrogen and oxygen atoms in total. The molecule has 0 saturated heterocycles. The first kappa shape index (κ1) is 21.2. The van der Waals surface area contributed by atoms with Crippen LogP contribution in [0.2, 0.25) is 5.02 Å². The predicted molar refractivity (Wildman–Crippen MR) is 126 cm³/mol. The number of amides is 1. The summed E-state index contributed by atoms with van der Waals surface area (Å²) in [5.41, 5.74) is 3.03. The van der Waals surface area contributed by atoms with E-state index < -0.39 is 0 Å². The third-order valence-electron chi connectivity index (χ3n) is 4.83. The number of nitrogens with one attached hydrogen (secondary N) is 2. The summed E-state index contributed by atoms with van der Waals surface area (Å²) in [5, 5.41) is 7.96. The Bertz CT molecular complexity index is 1190. The maximum atomic E-state index is 12.7. The first-order chi connectivity index (χ1) is 15.0. The zero-order valence-electron chi connectivity index (χ0n) is 17.2. The van der Waals surface area contributed by atoms with Crippen LogP contribution in [0.15, 0.2) is 71.5 Å². The second-order valence-electron chi connectivity index (χ2n) is 7.13. The Hall–Kier alpha value is -3.09. The Labute approximate surface area is 190 Å². The maximum absolute atomic E-state index is 12.7. The van der Waals surface area contributed by atoms with Crippen LogP contribution in [0.1, 0.15) is 45.1 Å². The highest BCUT2D eigenvalue weighted by atomic mass is 35.5. The fraction of sp³-hybridized carbons (Fsp3) is 0.167. The first-order valence-corrected chi connectivity index (χ1v) is 11.1. The van der Waals surface area contributed by atoms with Crippen molar-refractivity contribution in [2.45, 2.75) is 26.3 Å². The number of hydrogen-bond donors (Lipinski definition) is 2. The van der Waals surface area contributed by atoms with Gasteiger partial charge in [0, 0.05) is 21.7 Å². The Morgan fingerprint density at radius 3 is 2.77 bits per heavy atom. The minimum Gasteiger partial charge on any atom is -0.459 e. The molecule has 3 aromatic heterocycles. The van der Waals surface area contributed by atoms with Crippen LogP contribution in [0.4, 0.5) is 10.8 Å². The monoisotopic (exact) mass is 451 g/mol. The van der Waals surface area contributed by atoms with Crippen LogP contribution in [-0.2, 0) is 6.42 Å². The SMILES string of the molecule is CCc1cc([C@@H](Nc2cc(C)ccn2)c2cccc(Cl)c2)c(NC(=O)c2ccco2)s1. The van der Waals surface area contributed by atoms with Crippen LogP contribution in [0.25, 0.3) is 0 Å². The molecule has 0 spiro atoms. The number of anilines is 2. The van der Waals surface area contributed by atoms with Gasteiger partial charge in [-0.05, 0) is 66.9 Å². The summed E-state index contributed by atoms with van der Waals surface area (Å²) in [5.74, 6) is 0.733. The fourth-order valence-corrected chi connectivity index (χ4v) is 4.54. The van der Waals surface area contributed by atoms with Crippen LogP contribution in [0.3, 0.4) is 0 Å². The third kappa shape index (κ3) is 4.98. The van der Waals surface area contributed by atoms with Gasteiger partial charge in [-0.15, -0.1) is 11.3 Å². The van der Waals surface area contributed by atoms with Crippen LogP contribution >= 0.6 is 22.9 Å². The van der Waals surface area contributed by atoms with E-state index in [-0.39, 0.29) is 17.7 Å². The average molecular weight is 452 g/mol. The number of carbonyl (C=O) groups is 1. The van der Waals surface area contributed by atoms with Crippen molar-refractivity contribution in [3.05, 3.63) is 99.4 Å². The van der Waals surface area contributed by atoms with Gasteiger partial charge in [-0.3, -0.25) is 4.79 Å². The van der Waals surface area contributed by atoms with Crippen LogP contribution in [0, 0.1) is 6.92 Å². The second kappa shape index (κ2) is 9.37. The van der Waals surface area contributed by atoms with Gasteiger partial charge < -0.3 is 15.1 Å². The fourth-order valence-electron chi connectivity index (χ4n) is 3.31. The van der Waals surface area contributed by atoms with Gasteiger partial charge in [0.25, 0.3) is 5.91 Å². The van der Waals surface area contributed by atoms with Crippen molar-refractivity contribution < 1.29 is 9.21 Å². The molecule has 0 radical (unpaired) electrons. The molecule has 0 saturated carbocycles. The van der Waals surface area contributed by atoms with E-state index >= 15 is 0 Å². The lowest BCUT2D eigenvalue weighted by Crippen LogP contribution is -2.17. The maximum Gasteiger partial charge on any atom is 0.291 e. The lowest BCUT2D eigenvalue weighted by atomic mass is 9.99. The van der Waals surface area contributed by atoms with Crippen molar-refractivity contribution in [1.82, 2.24) is 4.98 Å². The predicted octanol–water partition coefficient (Wildman–Crippen LogP) is 6.71. The number of halogens is 1. The normalized spacial score (nSPS) is 11.8. The van der Waals surface area contributed by atoms with Gasteiger partial charge in [-0.2, -0.15) is 0 Å². The van der Waals surface area contributed by atoms with Crippen LogP contribution in [0.5, 0.6) is 0 Å². The van der Waals surface area contributed by atoms with Crippen molar-refractivity contribution in [1.29, 1.82) is 0 Å². The van der Waals surface area contributed by atoms with Crippen molar-refractivity contribution in [3.8, 4) is 0 Å². The number of aromatic nitrogens is 1. The van der Waals surface area contributed by atoms with Crippen molar-refractivity contribution in [2.75, 3.05) is 10.6 Å². The van der Waals surface area contributed by atoms with E-state index in [0.717, 1.165) is 38.8 Å². The summed E-state index contributed by atoms with van der Waals surface area (Å²) in [4.78, 5) is 18.3. The Balaban J connectivity index is 1.76. The highest BCUT2D eigenvalue weighted by molar-refractivity contribution is 7.16. The summed E-state index contributed by atoms with van der Waals surface area (Å²) < 4.78 is 5.26. The molecule has 0 aliphatic carbocycles. The molecule has 4 rings (SSSR count). The zero-order chi connectivity index (χ0) is 21.8. The number of pyridine rings is 1. The lowest BCUT2D eigenvalue weighted by molar-refractivity contribution is 0.0997. The molecule has 1 atom stereocenters. The lowest BCUT2D eigenvalue weighted by Gasteiger charge is -2.21. The molecule has 0 aliphatic heterocycles. The zero-order valence-corrected chi connectivity index (χ0v) is 18.8. The van der Waals surface area contributed by atoms with Gasteiger partial charge in [-0.25, -0.2) is 4.98 Å². The van der Waals surface area contributed by atoms with Crippen LogP contribution in [-0.4, -0.2) is 10.9 Å². The van der Waals surface area contributed by atoms with E-state index in [0.29, 0.717) is 5.02 Å². The number of nitrogens with zero attached hydrogens (tertiary/aromatic N) is 1. The molecule has 0 fully saturated rings. The Kier molecular flexibility index (Phi) is 6.39. The van der Waals surface area contributed by atoms with E-state index in [9.17, 15) is 4.79 Å². The molecule has 2 N–H and O–H groups in total. The summed E-state index contributed by atoms with van der Waals surface area (Å²) in [7, 11) is 0. The van der Waals surface area contributed by atoms with Gasteiger partial charge in [0.15, 0.2) is 5.76 Å². The molecular weight excluding hydrogens is 430 g/mol. The summed E-state index contributed by atoms with van der Waals surface area (Å²) in [6, 6.07) is 16.9. The number of carbonyl (C=O) groups excluding carboxylic acids is 1. The number of hydrogen-bond acceptors (Lipinski definition) is 5. The molecule has 4 aromatic rings. The molecule has 7 heteroatoms. The minimum absolute atomic E-state index is 0.253. The van der Waals surface area contributed by atoms with Gasteiger partial charge in [0.1, 0.15) is 10.8 Å². The number of furan rings is 1. The first-order valence-electron chi connectivity index (χ1n) is 9.95. The Morgan fingerprint density at radius 1 is 1.19 bits per heavy atom. The van der Waals surface area contributed by atoms with Crippen molar-refractivity contribution >= 4 is 39.7 Å². The van der Waals surface area contributed by atoms with Crippen molar-refractivity contribution in [2.24, 2.45) is 0 Å². The van der Waals surface area contributed by atoms with E-state index in [1.165, 1.54) is 6.26 Å². The summed E-state index contributed by atoms with van der Waals surface area (Å²) in [6.07, 6.45) is 4.12. The van der Waals surface area contributed by atoms with Crippen LogP contribution < -0.4 is 10.6 Å².